The Kier molecular flexibility index (Phi) is 7.40. The molecule has 0 radical (unpaired) electrons. The minimum atomic E-state index is -3.83. The van der Waals surface area contributed by atoms with E-state index in [1.807, 2.05) is 18.7 Å². The maximum Gasteiger partial charge on any atom is 0.243 e. The summed E-state index contributed by atoms with van der Waals surface area (Å²) < 4.78 is 33.3. The van der Waals surface area contributed by atoms with Crippen molar-refractivity contribution >= 4 is 27.3 Å². The van der Waals surface area contributed by atoms with Gasteiger partial charge in [-0.15, -0.1) is 11.3 Å². The fourth-order valence-corrected chi connectivity index (χ4v) is 6.75. The normalized spacial score (nSPS) is 15.9. The van der Waals surface area contributed by atoms with Crippen LogP contribution in [0.5, 0.6) is 5.75 Å². The summed E-state index contributed by atoms with van der Waals surface area (Å²) in [6.07, 6.45) is 1.39. The smallest absolute Gasteiger partial charge is 0.243 e. The molecule has 6 nitrogen and oxygen atoms in total. The molecule has 0 bridgehead atoms. The molecule has 8 heteroatoms. The van der Waals surface area contributed by atoms with Crippen LogP contribution in [0, 0.1) is 6.92 Å². The third kappa shape index (κ3) is 4.89. The highest BCUT2D eigenvalue weighted by atomic mass is 32.2. The van der Waals surface area contributed by atoms with Crippen LogP contribution in [0.3, 0.4) is 0 Å². The number of carbonyl (C=O) groups excluding carboxylic acids is 1. The largest absolute Gasteiger partial charge is 0.497 e. The van der Waals surface area contributed by atoms with Gasteiger partial charge in [-0.25, -0.2) is 8.42 Å². The van der Waals surface area contributed by atoms with Crippen molar-refractivity contribution in [3.8, 4) is 5.75 Å². The predicted octanol–water partition coefficient (Wildman–Crippen LogP) is 4.64. The van der Waals surface area contributed by atoms with Crippen molar-refractivity contribution < 1.29 is 17.9 Å². The summed E-state index contributed by atoms with van der Waals surface area (Å²) in [4.78, 5) is 16.9. The molecule has 1 unspecified atom stereocenters. The van der Waals surface area contributed by atoms with E-state index in [4.69, 9.17) is 4.74 Å². The monoisotopic (exact) mass is 498 g/mol. The number of thiophene rings is 1. The molecule has 0 aliphatic carbocycles. The number of hydrogen-bond donors (Lipinski definition) is 0. The Morgan fingerprint density at radius 2 is 1.82 bits per heavy atom. The van der Waals surface area contributed by atoms with Crippen LogP contribution in [-0.4, -0.2) is 50.3 Å². The minimum absolute atomic E-state index is 0.156. The lowest BCUT2D eigenvalue weighted by molar-refractivity contribution is -0.133. The van der Waals surface area contributed by atoms with Gasteiger partial charge in [0.1, 0.15) is 5.75 Å². The number of rotatable bonds is 8. The lowest BCUT2D eigenvalue weighted by Crippen LogP contribution is -2.46. The van der Waals surface area contributed by atoms with Crippen LogP contribution in [-0.2, 0) is 21.2 Å². The Morgan fingerprint density at radius 1 is 1.12 bits per heavy atom. The van der Waals surface area contributed by atoms with Gasteiger partial charge < -0.3 is 9.64 Å². The Labute approximate surface area is 205 Å². The average molecular weight is 499 g/mol. The number of benzene rings is 2. The van der Waals surface area contributed by atoms with Crippen LogP contribution in [0.4, 0.5) is 0 Å². The molecule has 0 fully saturated rings. The van der Waals surface area contributed by atoms with E-state index in [1.54, 1.807) is 23.5 Å². The molecule has 0 N–H and O–H groups in total. The van der Waals surface area contributed by atoms with E-state index in [0.29, 0.717) is 18.7 Å². The summed E-state index contributed by atoms with van der Waals surface area (Å²) in [6.45, 7) is 4.59. The third-order valence-electron chi connectivity index (χ3n) is 6.16. The number of nitrogens with zero attached hydrogens (tertiary/aromatic N) is 2. The Morgan fingerprint density at radius 3 is 2.47 bits per heavy atom. The second kappa shape index (κ2) is 10.3. The molecular formula is C26H30N2O4S2. The van der Waals surface area contributed by atoms with Gasteiger partial charge in [-0.05, 0) is 66.6 Å². The second-order valence-corrected chi connectivity index (χ2v) is 11.4. The highest BCUT2D eigenvalue weighted by Gasteiger charge is 2.35. The lowest BCUT2D eigenvalue weighted by Gasteiger charge is -2.37. The van der Waals surface area contributed by atoms with E-state index in [1.165, 1.54) is 28.4 Å². The number of sulfonamides is 1. The van der Waals surface area contributed by atoms with E-state index in [0.717, 1.165) is 23.1 Å². The predicted molar refractivity (Wildman–Crippen MR) is 135 cm³/mol. The third-order valence-corrected chi connectivity index (χ3v) is 9.02. The van der Waals surface area contributed by atoms with Crippen molar-refractivity contribution in [3.05, 3.63) is 81.5 Å². The number of methoxy groups -OCH3 is 1. The number of carbonyl (C=O) groups is 1. The van der Waals surface area contributed by atoms with Crippen LogP contribution in [0.25, 0.3) is 0 Å². The van der Waals surface area contributed by atoms with E-state index >= 15 is 0 Å². The molecule has 1 aliphatic heterocycles. The van der Waals surface area contributed by atoms with Gasteiger partial charge in [-0.2, -0.15) is 4.31 Å². The van der Waals surface area contributed by atoms with Gasteiger partial charge in [0.2, 0.25) is 15.9 Å². The van der Waals surface area contributed by atoms with Gasteiger partial charge in [0.05, 0.1) is 24.6 Å². The minimum Gasteiger partial charge on any atom is -0.497 e. The molecule has 1 amide bonds. The Balaban J connectivity index is 1.63. The summed E-state index contributed by atoms with van der Waals surface area (Å²) >= 11 is 1.71. The molecule has 2 heterocycles. The van der Waals surface area contributed by atoms with Crippen LogP contribution in [0.15, 0.2) is 64.9 Å². The zero-order valence-electron chi connectivity index (χ0n) is 19.7. The topological polar surface area (TPSA) is 66.9 Å². The molecule has 1 atom stereocenters. The van der Waals surface area contributed by atoms with E-state index in [9.17, 15) is 13.2 Å². The molecule has 1 aromatic heterocycles. The van der Waals surface area contributed by atoms with Gasteiger partial charge in [0, 0.05) is 18.0 Å². The zero-order valence-corrected chi connectivity index (χ0v) is 21.4. The van der Waals surface area contributed by atoms with E-state index in [-0.39, 0.29) is 29.9 Å². The quantitative estimate of drug-likeness (QED) is 0.454. The van der Waals surface area contributed by atoms with Gasteiger partial charge in [-0.3, -0.25) is 4.79 Å². The van der Waals surface area contributed by atoms with Gasteiger partial charge in [0.15, 0.2) is 0 Å². The molecule has 1 aliphatic rings. The summed E-state index contributed by atoms with van der Waals surface area (Å²) in [5.41, 5.74) is 3.33. The van der Waals surface area contributed by atoms with Gasteiger partial charge in [-0.1, -0.05) is 36.8 Å². The molecule has 3 aromatic rings. The van der Waals surface area contributed by atoms with Crippen molar-refractivity contribution in [1.29, 1.82) is 0 Å². The first-order chi connectivity index (χ1) is 16.3. The number of hydrogen-bond acceptors (Lipinski definition) is 5. The molecule has 2 aromatic carbocycles. The maximum absolute atomic E-state index is 13.6. The van der Waals surface area contributed by atoms with Crippen LogP contribution in [0.2, 0.25) is 0 Å². The maximum atomic E-state index is 13.6. The fraction of sp³-hybridized carbons (Fsp3) is 0.346. The van der Waals surface area contributed by atoms with Gasteiger partial charge in [0.25, 0.3) is 0 Å². The number of ether oxygens (including phenoxy) is 1. The Bertz CT molecular complexity index is 1230. The summed E-state index contributed by atoms with van der Waals surface area (Å²) in [5.74, 6) is 0.394. The van der Waals surface area contributed by atoms with Crippen LogP contribution in [0.1, 0.15) is 41.0 Å². The van der Waals surface area contributed by atoms with E-state index in [2.05, 4.69) is 35.7 Å². The van der Waals surface area contributed by atoms with Crippen LogP contribution >= 0.6 is 11.3 Å². The molecule has 180 valence electrons. The van der Waals surface area contributed by atoms with Crippen molar-refractivity contribution in [3.63, 3.8) is 0 Å². The summed E-state index contributed by atoms with van der Waals surface area (Å²) in [6, 6.07) is 16.4. The average Bonchev–Trinajstić information content (AvgIpc) is 3.32. The molecule has 34 heavy (non-hydrogen) atoms. The number of aryl methyl sites for hydroxylation is 1. The molecule has 0 spiro atoms. The Hall–Kier alpha value is -2.68. The highest BCUT2D eigenvalue weighted by molar-refractivity contribution is 7.89. The molecular weight excluding hydrogens is 468 g/mol. The molecule has 4 rings (SSSR count). The number of amides is 1. The number of fused-ring (bicyclic) bond motifs is 1. The van der Waals surface area contributed by atoms with Crippen molar-refractivity contribution in [2.75, 3.05) is 26.7 Å². The first-order valence-corrected chi connectivity index (χ1v) is 13.7. The SMILES string of the molecule is CCCN(CC(=O)N1CCc2sccc2C1c1ccc(C)cc1)S(=O)(=O)c1ccc(OC)cc1. The highest BCUT2D eigenvalue weighted by Crippen LogP contribution is 2.38. The van der Waals surface area contributed by atoms with Crippen molar-refractivity contribution in [1.82, 2.24) is 9.21 Å². The van der Waals surface area contributed by atoms with Crippen LogP contribution < -0.4 is 4.74 Å². The molecule has 0 saturated heterocycles. The standard InChI is InChI=1S/C26H30N2O4S2/c1-4-15-27(34(30,31)22-11-9-21(32-3)10-12-22)18-25(29)28-16-13-24-23(14-17-33-24)26(28)20-7-5-19(2)6-8-20/h5-12,14,17,26H,4,13,15-16,18H2,1-3H3. The summed E-state index contributed by atoms with van der Waals surface area (Å²) in [7, 11) is -2.29. The van der Waals surface area contributed by atoms with Crippen molar-refractivity contribution in [2.45, 2.75) is 37.6 Å². The van der Waals surface area contributed by atoms with Gasteiger partial charge >= 0.3 is 0 Å². The first-order valence-electron chi connectivity index (χ1n) is 11.4. The first kappa shape index (κ1) is 24.4. The molecule has 0 saturated carbocycles. The lowest BCUT2D eigenvalue weighted by atomic mass is 9.92. The second-order valence-electron chi connectivity index (χ2n) is 8.46. The zero-order chi connectivity index (χ0) is 24.3. The van der Waals surface area contributed by atoms with E-state index < -0.39 is 10.0 Å². The summed E-state index contributed by atoms with van der Waals surface area (Å²) in [5, 5.41) is 2.07. The fourth-order valence-electron chi connectivity index (χ4n) is 4.37. The van der Waals surface area contributed by atoms with Crippen molar-refractivity contribution in [2.24, 2.45) is 0 Å².